The average Bonchev–Trinajstić information content (AvgIpc) is 2.99. The van der Waals surface area contributed by atoms with Crippen molar-refractivity contribution in [1.82, 2.24) is 0 Å². The minimum absolute atomic E-state index is 0.780. The monoisotopic (exact) mass is 281 g/mol. The zero-order chi connectivity index (χ0) is 14.5. The Morgan fingerprint density at radius 2 is 1.81 bits per heavy atom. The van der Waals surface area contributed by atoms with Crippen LogP contribution >= 0.6 is 0 Å². The van der Waals surface area contributed by atoms with Crippen molar-refractivity contribution >= 4 is 5.69 Å². The van der Waals surface area contributed by atoms with Crippen LogP contribution in [-0.2, 0) is 19.4 Å². The summed E-state index contributed by atoms with van der Waals surface area (Å²) >= 11 is 0. The summed E-state index contributed by atoms with van der Waals surface area (Å²) in [7, 11) is 0. The largest absolute Gasteiger partial charge is 0.494 e. The molecule has 0 fully saturated rings. The molecule has 0 amide bonds. The molecule has 3 rings (SSSR count). The summed E-state index contributed by atoms with van der Waals surface area (Å²) in [6, 6.07) is 15.1. The van der Waals surface area contributed by atoms with E-state index in [4.69, 9.17) is 4.74 Å². The standard InChI is InChI=1S/C19H23NO/c1-2-12-21-19-10-8-18(9-11-19)20-14-15-6-7-16-4-3-5-17(16)13-15/h6-11,13,20H,2-5,12,14H2,1H3. The lowest BCUT2D eigenvalue weighted by Crippen LogP contribution is -2.00. The number of nitrogens with one attached hydrogen (secondary N) is 1. The van der Waals surface area contributed by atoms with Crippen molar-refractivity contribution in [2.75, 3.05) is 11.9 Å². The molecular weight excluding hydrogens is 258 g/mol. The van der Waals surface area contributed by atoms with Crippen LogP contribution in [0.2, 0.25) is 0 Å². The highest BCUT2D eigenvalue weighted by Gasteiger charge is 2.10. The van der Waals surface area contributed by atoms with Gasteiger partial charge in [-0.15, -0.1) is 0 Å². The summed E-state index contributed by atoms with van der Waals surface area (Å²) in [6.45, 7) is 3.77. The van der Waals surface area contributed by atoms with Gasteiger partial charge in [0.15, 0.2) is 0 Å². The van der Waals surface area contributed by atoms with Gasteiger partial charge in [-0.2, -0.15) is 0 Å². The Kier molecular flexibility index (Phi) is 4.44. The summed E-state index contributed by atoms with van der Waals surface area (Å²) in [5.41, 5.74) is 5.58. The van der Waals surface area contributed by atoms with E-state index in [1.807, 2.05) is 12.1 Å². The second-order valence-corrected chi connectivity index (χ2v) is 5.68. The van der Waals surface area contributed by atoms with E-state index < -0.39 is 0 Å². The van der Waals surface area contributed by atoms with Crippen LogP contribution in [-0.4, -0.2) is 6.61 Å². The lowest BCUT2D eigenvalue weighted by atomic mass is 10.1. The van der Waals surface area contributed by atoms with E-state index in [0.717, 1.165) is 31.0 Å². The van der Waals surface area contributed by atoms with Gasteiger partial charge >= 0.3 is 0 Å². The smallest absolute Gasteiger partial charge is 0.119 e. The highest BCUT2D eigenvalue weighted by Crippen LogP contribution is 2.23. The van der Waals surface area contributed by atoms with Crippen LogP contribution in [0.4, 0.5) is 5.69 Å². The molecule has 2 aromatic rings. The maximum atomic E-state index is 5.60. The number of fused-ring (bicyclic) bond motifs is 1. The molecule has 0 unspecified atom stereocenters. The first-order chi connectivity index (χ1) is 10.3. The second kappa shape index (κ2) is 6.66. The zero-order valence-electron chi connectivity index (χ0n) is 12.7. The number of hydrogen-bond donors (Lipinski definition) is 1. The minimum Gasteiger partial charge on any atom is -0.494 e. The van der Waals surface area contributed by atoms with E-state index in [1.54, 1.807) is 0 Å². The molecule has 0 atom stereocenters. The summed E-state index contributed by atoms with van der Waals surface area (Å²) in [5, 5.41) is 3.48. The number of rotatable bonds is 6. The molecule has 0 saturated heterocycles. The van der Waals surface area contributed by atoms with E-state index in [1.165, 1.54) is 36.0 Å². The predicted molar refractivity (Wildman–Crippen MR) is 88.0 cm³/mol. The molecule has 0 aliphatic heterocycles. The number of ether oxygens (including phenoxy) is 1. The topological polar surface area (TPSA) is 21.3 Å². The second-order valence-electron chi connectivity index (χ2n) is 5.68. The third-order valence-corrected chi connectivity index (χ3v) is 3.99. The first-order valence-corrected chi connectivity index (χ1v) is 7.92. The van der Waals surface area contributed by atoms with E-state index in [2.05, 4.69) is 42.6 Å². The molecule has 0 bridgehead atoms. The van der Waals surface area contributed by atoms with Gasteiger partial charge in [0.05, 0.1) is 6.61 Å². The molecule has 0 spiro atoms. The van der Waals surface area contributed by atoms with Gasteiger partial charge in [0, 0.05) is 12.2 Å². The molecule has 2 nitrogen and oxygen atoms in total. The average molecular weight is 281 g/mol. The van der Waals surface area contributed by atoms with Crippen LogP contribution in [0.3, 0.4) is 0 Å². The Bertz CT molecular complexity index is 589. The van der Waals surface area contributed by atoms with Crippen LogP contribution in [0.5, 0.6) is 5.75 Å². The van der Waals surface area contributed by atoms with Crippen molar-refractivity contribution < 1.29 is 4.74 Å². The number of benzene rings is 2. The number of aryl methyl sites for hydroxylation is 2. The maximum Gasteiger partial charge on any atom is 0.119 e. The molecule has 0 aromatic heterocycles. The SMILES string of the molecule is CCCOc1ccc(NCc2ccc3c(c2)CCC3)cc1. The van der Waals surface area contributed by atoms with Gasteiger partial charge < -0.3 is 10.1 Å². The molecule has 2 aromatic carbocycles. The molecule has 1 aliphatic carbocycles. The minimum atomic E-state index is 0.780. The normalized spacial score (nSPS) is 13.0. The lowest BCUT2D eigenvalue weighted by molar-refractivity contribution is 0.317. The summed E-state index contributed by atoms with van der Waals surface area (Å²) < 4.78 is 5.60. The first kappa shape index (κ1) is 14.0. The van der Waals surface area contributed by atoms with Gasteiger partial charge in [-0.25, -0.2) is 0 Å². The molecular formula is C19H23NO. The summed E-state index contributed by atoms with van der Waals surface area (Å²) in [6.07, 6.45) is 4.85. The molecule has 1 aliphatic rings. The van der Waals surface area contributed by atoms with E-state index >= 15 is 0 Å². The Morgan fingerprint density at radius 3 is 2.62 bits per heavy atom. The van der Waals surface area contributed by atoms with Gasteiger partial charge in [0.25, 0.3) is 0 Å². The third kappa shape index (κ3) is 3.57. The van der Waals surface area contributed by atoms with Gasteiger partial charge in [0.1, 0.15) is 5.75 Å². The van der Waals surface area contributed by atoms with Crippen LogP contribution in [0.25, 0.3) is 0 Å². The van der Waals surface area contributed by atoms with E-state index in [9.17, 15) is 0 Å². The fourth-order valence-electron chi connectivity index (χ4n) is 2.83. The Morgan fingerprint density at radius 1 is 1.00 bits per heavy atom. The molecule has 0 saturated carbocycles. The highest BCUT2D eigenvalue weighted by atomic mass is 16.5. The first-order valence-electron chi connectivity index (χ1n) is 7.92. The molecule has 0 heterocycles. The fourth-order valence-corrected chi connectivity index (χ4v) is 2.83. The molecule has 21 heavy (non-hydrogen) atoms. The van der Waals surface area contributed by atoms with Crippen molar-refractivity contribution in [3.63, 3.8) is 0 Å². The highest BCUT2D eigenvalue weighted by molar-refractivity contribution is 5.47. The predicted octanol–water partition coefficient (Wildman–Crippen LogP) is 4.58. The quantitative estimate of drug-likeness (QED) is 0.837. The fraction of sp³-hybridized carbons (Fsp3) is 0.368. The van der Waals surface area contributed by atoms with Crippen molar-refractivity contribution in [2.45, 2.75) is 39.2 Å². The third-order valence-electron chi connectivity index (χ3n) is 3.99. The molecule has 0 radical (unpaired) electrons. The Hall–Kier alpha value is -1.96. The lowest BCUT2D eigenvalue weighted by Gasteiger charge is -2.10. The number of anilines is 1. The van der Waals surface area contributed by atoms with Crippen LogP contribution in [0.1, 0.15) is 36.5 Å². The Balaban J connectivity index is 1.57. The zero-order valence-corrected chi connectivity index (χ0v) is 12.7. The van der Waals surface area contributed by atoms with Crippen molar-refractivity contribution in [3.05, 3.63) is 59.2 Å². The maximum absolute atomic E-state index is 5.60. The van der Waals surface area contributed by atoms with Crippen molar-refractivity contribution in [1.29, 1.82) is 0 Å². The molecule has 110 valence electrons. The van der Waals surface area contributed by atoms with Gasteiger partial charge in [0.2, 0.25) is 0 Å². The molecule has 1 N–H and O–H groups in total. The van der Waals surface area contributed by atoms with E-state index in [0.29, 0.717) is 0 Å². The molecule has 2 heteroatoms. The number of hydrogen-bond acceptors (Lipinski definition) is 2. The van der Waals surface area contributed by atoms with Gasteiger partial charge in [-0.05, 0) is 66.6 Å². The van der Waals surface area contributed by atoms with Gasteiger partial charge in [-0.1, -0.05) is 25.1 Å². The van der Waals surface area contributed by atoms with E-state index in [-0.39, 0.29) is 0 Å². The summed E-state index contributed by atoms with van der Waals surface area (Å²) in [5.74, 6) is 0.944. The van der Waals surface area contributed by atoms with Crippen LogP contribution in [0.15, 0.2) is 42.5 Å². The van der Waals surface area contributed by atoms with Crippen molar-refractivity contribution in [3.8, 4) is 5.75 Å². The van der Waals surface area contributed by atoms with Crippen LogP contribution < -0.4 is 10.1 Å². The summed E-state index contributed by atoms with van der Waals surface area (Å²) in [4.78, 5) is 0. The van der Waals surface area contributed by atoms with Crippen LogP contribution in [0, 0.1) is 0 Å². The van der Waals surface area contributed by atoms with Crippen molar-refractivity contribution in [2.24, 2.45) is 0 Å². The Labute approximate surface area is 127 Å². The van der Waals surface area contributed by atoms with Gasteiger partial charge in [-0.3, -0.25) is 0 Å².